The Morgan fingerprint density at radius 2 is 1.83 bits per heavy atom. The van der Waals surface area contributed by atoms with E-state index in [1.54, 1.807) is 28.8 Å². The molecule has 1 amide bonds. The summed E-state index contributed by atoms with van der Waals surface area (Å²) in [5, 5.41) is 4.80. The first kappa shape index (κ1) is 20.2. The van der Waals surface area contributed by atoms with Crippen LogP contribution in [0, 0.1) is 13.8 Å². The average molecular weight is 426 g/mol. The number of anilines is 1. The minimum Gasteiger partial charge on any atom is -0.497 e. The number of methoxy groups -OCH3 is 1. The highest BCUT2D eigenvalue weighted by Crippen LogP contribution is 2.24. The minimum atomic E-state index is -0.159. The molecule has 1 saturated heterocycles. The maximum atomic E-state index is 13.1. The number of halogens is 1. The average Bonchev–Trinajstić information content (AvgIpc) is 3.11. The fourth-order valence-corrected chi connectivity index (χ4v) is 3.87. The number of carbonyl (C=O) groups excluding carboxylic acids is 1. The first-order chi connectivity index (χ1) is 14.5. The van der Waals surface area contributed by atoms with Crippen LogP contribution in [0.4, 0.5) is 5.69 Å². The number of amides is 1. The van der Waals surface area contributed by atoms with Gasteiger partial charge in [0.25, 0.3) is 5.91 Å². The number of pyridine rings is 1. The van der Waals surface area contributed by atoms with Crippen molar-refractivity contribution >= 4 is 23.2 Å². The lowest BCUT2D eigenvalue weighted by molar-refractivity contribution is 0.0741. The number of ether oxygens (including phenoxy) is 1. The van der Waals surface area contributed by atoms with E-state index in [1.807, 2.05) is 38.1 Å². The summed E-state index contributed by atoms with van der Waals surface area (Å²) in [5.41, 5.74) is 3.19. The summed E-state index contributed by atoms with van der Waals surface area (Å²) in [6.45, 7) is 6.53. The van der Waals surface area contributed by atoms with Gasteiger partial charge in [0.15, 0.2) is 5.82 Å². The lowest BCUT2D eigenvalue weighted by Gasteiger charge is -2.36. The quantitative estimate of drug-likeness (QED) is 0.640. The molecule has 3 heterocycles. The van der Waals surface area contributed by atoms with Crippen molar-refractivity contribution in [1.82, 2.24) is 19.7 Å². The lowest BCUT2D eigenvalue weighted by atomic mass is 10.2. The smallest absolute Gasteiger partial charge is 0.274 e. The molecule has 0 spiro atoms. The SMILES string of the molecule is COc1cccc(N2CCN(C(=O)c3nc(-n4nc(C)cc4C)ccc3Cl)CC2)c1. The van der Waals surface area contributed by atoms with Crippen molar-refractivity contribution in [2.24, 2.45) is 0 Å². The number of benzene rings is 1. The van der Waals surface area contributed by atoms with Gasteiger partial charge in [0.05, 0.1) is 17.8 Å². The molecule has 156 valence electrons. The van der Waals surface area contributed by atoms with Crippen LogP contribution >= 0.6 is 11.6 Å². The van der Waals surface area contributed by atoms with Crippen LogP contribution in [-0.2, 0) is 0 Å². The van der Waals surface area contributed by atoms with Gasteiger partial charge in [0.1, 0.15) is 11.4 Å². The van der Waals surface area contributed by atoms with Crippen LogP contribution in [0.5, 0.6) is 5.75 Å². The van der Waals surface area contributed by atoms with Gasteiger partial charge < -0.3 is 14.5 Å². The molecule has 1 aliphatic rings. The molecule has 2 aromatic heterocycles. The second-order valence-electron chi connectivity index (χ2n) is 7.32. The number of aryl methyl sites for hydroxylation is 2. The van der Waals surface area contributed by atoms with Crippen LogP contribution in [0.2, 0.25) is 5.02 Å². The van der Waals surface area contributed by atoms with E-state index in [9.17, 15) is 4.79 Å². The zero-order valence-electron chi connectivity index (χ0n) is 17.3. The maximum Gasteiger partial charge on any atom is 0.274 e. The van der Waals surface area contributed by atoms with Crippen molar-refractivity contribution in [1.29, 1.82) is 0 Å². The summed E-state index contributed by atoms with van der Waals surface area (Å²) in [6.07, 6.45) is 0. The van der Waals surface area contributed by atoms with Gasteiger partial charge in [-0.15, -0.1) is 0 Å². The largest absolute Gasteiger partial charge is 0.497 e. The first-order valence-electron chi connectivity index (χ1n) is 9.85. The molecule has 7 nitrogen and oxygen atoms in total. The molecule has 0 atom stereocenters. The molecule has 0 radical (unpaired) electrons. The molecule has 1 aromatic carbocycles. The van der Waals surface area contributed by atoms with Crippen molar-refractivity contribution in [2.45, 2.75) is 13.8 Å². The fourth-order valence-electron chi connectivity index (χ4n) is 3.69. The van der Waals surface area contributed by atoms with Crippen molar-refractivity contribution in [3.8, 4) is 11.6 Å². The van der Waals surface area contributed by atoms with Gasteiger partial charge in [-0.05, 0) is 44.2 Å². The van der Waals surface area contributed by atoms with Crippen molar-refractivity contribution in [3.05, 3.63) is 64.6 Å². The van der Waals surface area contributed by atoms with Gasteiger partial charge >= 0.3 is 0 Å². The molecule has 4 rings (SSSR count). The third kappa shape index (κ3) is 3.98. The highest BCUT2D eigenvalue weighted by Gasteiger charge is 2.25. The fraction of sp³-hybridized carbons (Fsp3) is 0.318. The number of aromatic nitrogens is 3. The molecule has 0 saturated carbocycles. The first-order valence-corrected chi connectivity index (χ1v) is 10.2. The lowest BCUT2D eigenvalue weighted by Crippen LogP contribution is -2.49. The van der Waals surface area contributed by atoms with E-state index in [1.165, 1.54) is 0 Å². The van der Waals surface area contributed by atoms with Gasteiger partial charge in [0, 0.05) is 43.6 Å². The molecule has 8 heteroatoms. The van der Waals surface area contributed by atoms with E-state index in [4.69, 9.17) is 16.3 Å². The Labute approximate surface area is 180 Å². The summed E-state index contributed by atoms with van der Waals surface area (Å²) in [5.74, 6) is 1.25. The molecule has 0 unspecified atom stereocenters. The minimum absolute atomic E-state index is 0.159. The zero-order valence-corrected chi connectivity index (χ0v) is 18.1. The number of nitrogens with zero attached hydrogens (tertiary/aromatic N) is 5. The van der Waals surface area contributed by atoms with E-state index in [0.29, 0.717) is 23.9 Å². The molecule has 0 N–H and O–H groups in total. The Kier molecular flexibility index (Phi) is 5.63. The van der Waals surface area contributed by atoms with Crippen LogP contribution in [0.3, 0.4) is 0 Å². The monoisotopic (exact) mass is 425 g/mol. The zero-order chi connectivity index (χ0) is 21.3. The van der Waals surface area contributed by atoms with Crippen molar-refractivity contribution < 1.29 is 9.53 Å². The van der Waals surface area contributed by atoms with Crippen LogP contribution in [-0.4, -0.2) is 58.9 Å². The summed E-state index contributed by atoms with van der Waals surface area (Å²) >= 11 is 6.34. The van der Waals surface area contributed by atoms with E-state index in [-0.39, 0.29) is 11.6 Å². The third-order valence-electron chi connectivity index (χ3n) is 5.25. The van der Waals surface area contributed by atoms with Gasteiger partial charge in [-0.3, -0.25) is 4.79 Å². The van der Waals surface area contributed by atoms with E-state index in [0.717, 1.165) is 35.9 Å². The molecule has 1 fully saturated rings. The molecule has 0 bridgehead atoms. The van der Waals surface area contributed by atoms with Gasteiger partial charge in [-0.1, -0.05) is 17.7 Å². The Morgan fingerprint density at radius 1 is 1.07 bits per heavy atom. The summed E-state index contributed by atoms with van der Waals surface area (Å²) < 4.78 is 7.04. The summed E-state index contributed by atoms with van der Waals surface area (Å²) in [4.78, 5) is 21.7. The summed E-state index contributed by atoms with van der Waals surface area (Å²) in [7, 11) is 1.66. The van der Waals surface area contributed by atoms with Crippen LogP contribution in [0.15, 0.2) is 42.5 Å². The van der Waals surface area contributed by atoms with E-state index < -0.39 is 0 Å². The summed E-state index contributed by atoms with van der Waals surface area (Å²) in [6, 6.07) is 13.4. The Morgan fingerprint density at radius 3 is 2.50 bits per heavy atom. The molecule has 0 aliphatic carbocycles. The van der Waals surface area contributed by atoms with Gasteiger partial charge in [-0.25, -0.2) is 9.67 Å². The van der Waals surface area contributed by atoms with E-state index in [2.05, 4.69) is 21.0 Å². The molecular weight excluding hydrogens is 402 g/mol. The standard InChI is InChI=1S/C22H24ClN5O2/c1-15-13-16(2)28(25-15)20-8-7-19(23)21(24-20)22(29)27-11-9-26(10-12-27)17-5-4-6-18(14-17)30-3/h4-8,13-14H,9-12H2,1-3H3. The molecule has 30 heavy (non-hydrogen) atoms. The third-order valence-corrected chi connectivity index (χ3v) is 5.55. The van der Waals surface area contributed by atoms with Crippen molar-refractivity contribution in [2.75, 3.05) is 38.2 Å². The van der Waals surface area contributed by atoms with Crippen molar-refractivity contribution in [3.63, 3.8) is 0 Å². The topological polar surface area (TPSA) is 63.5 Å². The number of rotatable bonds is 4. The molecular formula is C22H24ClN5O2. The van der Waals surface area contributed by atoms with E-state index >= 15 is 0 Å². The Hall–Kier alpha value is -3.06. The Balaban J connectivity index is 1.50. The molecule has 1 aliphatic heterocycles. The normalized spacial score (nSPS) is 14.1. The predicted molar refractivity (Wildman–Crippen MR) is 117 cm³/mol. The number of carbonyl (C=O) groups is 1. The maximum absolute atomic E-state index is 13.1. The predicted octanol–water partition coefficient (Wildman–Crippen LogP) is 3.51. The number of hydrogen-bond donors (Lipinski definition) is 0. The molecule has 3 aromatic rings. The van der Waals surface area contributed by atoms with Gasteiger partial charge in [0.2, 0.25) is 0 Å². The number of piperazine rings is 1. The van der Waals surface area contributed by atoms with Crippen LogP contribution in [0.1, 0.15) is 21.9 Å². The highest BCUT2D eigenvalue weighted by molar-refractivity contribution is 6.33. The second kappa shape index (κ2) is 8.36. The second-order valence-corrected chi connectivity index (χ2v) is 7.73. The number of hydrogen-bond acceptors (Lipinski definition) is 5. The van der Waals surface area contributed by atoms with Gasteiger partial charge in [-0.2, -0.15) is 5.10 Å². The van der Waals surface area contributed by atoms with Crippen LogP contribution < -0.4 is 9.64 Å². The highest BCUT2D eigenvalue weighted by atomic mass is 35.5. The van der Waals surface area contributed by atoms with Crippen LogP contribution in [0.25, 0.3) is 5.82 Å². The Bertz CT molecular complexity index is 1070.